The normalized spacial score (nSPS) is 12.0. The standard InChI is InChI=1S/C14H6Cl2F3NO/c15-9-3-1-2-7-4-11(21-13(7)9)10-5-8(14(17,18)19)6-12(16)20-10/h1-6H. The third-order valence-electron chi connectivity index (χ3n) is 2.87. The highest BCUT2D eigenvalue weighted by atomic mass is 35.5. The molecule has 108 valence electrons. The second kappa shape index (κ2) is 4.93. The number of rotatable bonds is 1. The van der Waals surface area contributed by atoms with Crippen LogP contribution >= 0.6 is 23.2 Å². The van der Waals surface area contributed by atoms with E-state index in [0.29, 0.717) is 16.0 Å². The van der Waals surface area contributed by atoms with Crippen molar-refractivity contribution in [1.29, 1.82) is 0 Å². The largest absolute Gasteiger partial charge is 0.453 e. The SMILES string of the molecule is FC(F)(F)c1cc(Cl)nc(-c2cc3cccc(Cl)c3o2)c1. The van der Waals surface area contributed by atoms with E-state index in [1.807, 2.05) is 0 Å². The van der Waals surface area contributed by atoms with Gasteiger partial charge >= 0.3 is 6.18 Å². The van der Waals surface area contributed by atoms with Gasteiger partial charge < -0.3 is 4.42 Å². The highest BCUT2D eigenvalue weighted by Crippen LogP contribution is 2.36. The van der Waals surface area contributed by atoms with Crippen LogP contribution < -0.4 is 0 Å². The molecular formula is C14H6Cl2F3NO. The minimum Gasteiger partial charge on any atom is -0.453 e. The molecule has 3 rings (SSSR count). The molecule has 2 aromatic heterocycles. The van der Waals surface area contributed by atoms with Crippen molar-refractivity contribution in [2.45, 2.75) is 6.18 Å². The maximum absolute atomic E-state index is 12.8. The summed E-state index contributed by atoms with van der Waals surface area (Å²) in [6, 6.07) is 8.31. The van der Waals surface area contributed by atoms with Gasteiger partial charge in [0.1, 0.15) is 10.8 Å². The zero-order valence-corrected chi connectivity index (χ0v) is 11.7. The fraction of sp³-hybridized carbons (Fsp3) is 0.0714. The van der Waals surface area contributed by atoms with Gasteiger partial charge in [-0.1, -0.05) is 35.3 Å². The van der Waals surface area contributed by atoms with E-state index >= 15 is 0 Å². The van der Waals surface area contributed by atoms with Crippen molar-refractivity contribution >= 4 is 34.2 Å². The molecule has 0 N–H and O–H groups in total. The molecule has 7 heteroatoms. The van der Waals surface area contributed by atoms with Gasteiger partial charge in [-0.15, -0.1) is 0 Å². The molecular weight excluding hydrogens is 326 g/mol. The lowest BCUT2D eigenvalue weighted by atomic mass is 10.2. The highest BCUT2D eigenvalue weighted by molar-refractivity contribution is 6.34. The summed E-state index contributed by atoms with van der Waals surface area (Å²) in [5.41, 5.74) is -0.490. The molecule has 0 aliphatic carbocycles. The van der Waals surface area contributed by atoms with Crippen molar-refractivity contribution in [2.75, 3.05) is 0 Å². The summed E-state index contributed by atoms with van der Waals surface area (Å²) in [5, 5.41) is 0.788. The molecule has 0 fully saturated rings. The first kappa shape index (κ1) is 14.2. The predicted molar refractivity (Wildman–Crippen MR) is 74.5 cm³/mol. The Labute approximate surface area is 127 Å². The summed E-state index contributed by atoms with van der Waals surface area (Å²) in [7, 11) is 0. The summed E-state index contributed by atoms with van der Waals surface area (Å²) in [6.07, 6.45) is -4.51. The monoisotopic (exact) mass is 331 g/mol. The van der Waals surface area contributed by atoms with Gasteiger partial charge in [-0.3, -0.25) is 0 Å². The van der Waals surface area contributed by atoms with Crippen LogP contribution in [-0.2, 0) is 6.18 Å². The summed E-state index contributed by atoms with van der Waals surface area (Å²) in [4.78, 5) is 3.87. The Hall–Kier alpha value is -1.72. The molecule has 3 aromatic rings. The zero-order chi connectivity index (χ0) is 15.2. The van der Waals surface area contributed by atoms with Crippen LogP contribution in [0.15, 0.2) is 40.8 Å². The van der Waals surface area contributed by atoms with Crippen LogP contribution in [-0.4, -0.2) is 4.98 Å². The molecule has 0 unspecified atom stereocenters. The number of hydrogen-bond donors (Lipinski definition) is 0. The number of halogens is 5. The summed E-state index contributed by atoms with van der Waals surface area (Å²) in [6.45, 7) is 0. The number of alkyl halides is 3. The van der Waals surface area contributed by atoms with Gasteiger partial charge in [0.2, 0.25) is 0 Å². The average Bonchev–Trinajstić information content (AvgIpc) is 2.82. The Morgan fingerprint density at radius 2 is 1.81 bits per heavy atom. The average molecular weight is 332 g/mol. The first-order valence-corrected chi connectivity index (χ1v) is 6.53. The van der Waals surface area contributed by atoms with E-state index in [4.69, 9.17) is 27.6 Å². The summed E-state index contributed by atoms with van der Waals surface area (Å²) >= 11 is 11.6. The van der Waals surface area contributed by atoms with E-state index in [0.717, 1.165) is 12.1 Å². The van der Waals surface area contributed by atoms with Gasteiger partial charge in [-0.25, -0.2) is 4.98 Å². The van der Waals surface area contributed by atoms with Gasteiger partial charge in [0, 0.05) is 5.39 Å². The van der Waals surface area contributed by atoms with E-state index in [2.05, 4.69) is 4.98 Å². The first-order chi connectivity index (χ1) is 9.84. The maximum atomic E-state index is 12.8. The zero-order valence-electron chi connectivity index (χ0n) is 10.2. The lowest BCUT2D eigenvalue weighted by molar-refractivity contribution is -0.137. The lowest BCUT2D eigenvalue weighted by Gasteiger charge is -2.07. The van der Waals surface area contributed by atoms with Gasteiger partial charge in [0.15, 0.2) is 11.3 Å². The number of aromatic nitrogens is 1. The van der Waals surface area contributed by atoms with Crippen molar-refractivity contribution in [1.82, 2.24) is 4.98 Å². The first-order valence-electron chi connectivity index (χ1n) is 5.78. The Kier molecular flexibility index (Phi) is 3.34. The van der Waals surface area contributed by atoms with Crippen LogP contribution in [0.5, 0.6) is 0 Å². The number of nitrogens with zero attached hydrogens (tertiary/aromatic N) is 1. The van der Waals surface area contributed by atoms with Crippen molar-refractivity contribution in [3.8, 4) is 11.5 Å². The Morgan fingerprint density at radius 1 is 1.05 bits per heavy atom. The molecule has 21 heavy (non-hydrogen) atoms. The van der Waals surface area contributed by atoms with E-state index < -0.39 is 11.7 Å². The number of para-hydroxylation sites is 1. The summed E-state index contributed by atoms with van der Waals surface area (Å²) in [5.74, 6) is 0.172. The molecule has 0 spiro atoms. The van der Waals surface area contributed by atoms with Crippen molar-refractivity contribution in [3.05, 3.63) is 52.1 Å². The van der Waals surface area contributed by atoms with Crippen LogP contribution in [0.2, 0.25) is 10.2 Å². The number of fused-ring (bicyclic) bond motifs is 1. The molecule has 0 saturated carbocycles. The van der Waals surface area contributed by atoms with E-state index in [1.54, 1.807) is 24.3 Å². The van der Waals surface area contributed by atoms with Crippen LogP contribution in [0.1, 0.15) is 5.56 Å². The van der Waals surface area contributed by atoms with E-state index in [-0.39, 0.29) is 16.6 Å². The maximum Gasteiger partial charge on any atom is 0.416 e. The molecule has 1 aromatic carbocycles. The molecule has 0 bridgehead atoms. The Morgan fingerprint density at radius 3 is 2.48 bits per heavy atom. The second-order valence-corrected chi connectivity index (χ2v) is 5.12. The van der Waals surface area contributed by atoms with Crippen LogP contribution in [0.4, 0.5) is 13.2 Å². The Bertz CT molecular complexity index is 827. The number of hydrogen-bond acceptors (Lipinski definition) is 2. The van der Waals surface area contributed by atoms with Crippen molar-refractivity contribution < 1.29 is 17.6 Å². The second-order valence-electron chi connectivity index (χ2n) is 4.33. The van der Waals surface area contributed by atoms with E-state index in [1.165, 1.54) is 0 Å². The fourth-order valence-corrected chi connectivity index (χ4v) is 2.37. The fourth-order valence-electron chi connectivity index (χ4n) is 1.94. The minimum atomic E-state index is -4.51. The van der Waals surface area contributed by atoms with Crippen molar-refractivity contribution in [2.24, 2.45) is 0 Å². The molecule has 0 aliphatic rings. The molecule has 0 saturated heterocycles. The molecule has 0 amide bonds. The molecule has 0 radical (unpaired) electrons. The highest BCUT2D eigenvalue weighted by Gasteiger charge is 2.32. The van der Waals surface area contributed by atoms with Crippen LogP contribution in [0.25, 0.3) is 22.4 Å². The smallest absolute Gasteiger partial charge is 0.416 e. The third kappa shape index (κ3) is 2.71. The topological polar surface area (TPSA) is 26.0 Å². The minimum absolute atomic E-state index is 0.00194. The van der Waals surface area contributed by atoms with Gasteiger partial charge in [0.05, 0.1) is 10.6 Å². The van der Waals surface area contributed by atoms with Crippen LogP contribution in [0.3, 0.4) is 0 Å². The predicted octanol–water partition coefficient (Wildman–Crippen LogP) is 5.82. The van der Waals surface area contributed by atoms with E-state index in [9.17, 15) is 13.2 Å². The van der Waals surface area contributed by atoms with Gasteiger partial charge in [-0.2, -0.15) is 13.2 Å². The third-order valence-corrected chi connectivity index (χ3v) is 3.36. The molecule has 0 atom stereocenters. The molecule has 2 nitrogen and oxygen atoms in total. The van der Waals surface area contributed by atoms with Crippen molar-refractivity contribution in [3.63, 3.8) is 0 Å². The quantitative estimate of drug-likeness (QED) is 0.525. The van der Waals surface area contributed by atoms with Gasteiger partial charge in [-0.05, 0) is 24.3 Å². The number of furan rings is 1. The van der Waals surface area contributed by atoms with Gasteiger partial charge in [0.25, 0.3) is 0 Å². The molecule has 2 heterocycles. The molecule has 0 aliphatic heterocycles. The van der Waals surface area contributed by atoms with Crippen LogP contribution in [0, 0.1) is 0 Å². The Balaban J connectivity index is 2.18. The summed E-state index contributed by atoms with van der Waals surface area (Å²) < 4.78 is 43.9. The lowest BCUT2D eigenvalue weighted by Crippen LogP contribution is -2.05. The number of benzene rings is 1. The number of pyridine rings is 1.